The number of halogens is 2. The number of hydrogen-bond donors (Lipinski definition) is 2. The number of hydrogen-bond acceptors (Lipinski definition) is 3. The van der Waals surface area contributed by atoms with Crippen LogP contribution in [0.4, 0.5) is 5.69 Å². The van der Waals surface area contributed by atoms with Gasteiger partial charge in [0.1, 0.15) is 0 Å². The van der Waals surface area contributed by atoms with Crippen LogP contribution in [-0.4, -0.2) is 42.0 Å². The molecule has 20 heavy (non-hydrogen) atoms. The van der Waals surface area contributed by atoms with Gasteiger partial charge in [-0.05, 0) is 63.5 Å². The summed E-state index contributed by atoms with van der Waals surface area (Å²) in [6, 6.07) is 3.82. The number of nitrogens with one attached hydrogen (secondary N) is 1. The molecule has 0 aromatic heterocycles. The third-order valence-corrected chi connectivity index (χ3v) is 3.82. The Morgan fingerprint density at radius 2 is 1.85 bits per heavy atom. The molecule has 0 bridgehead atoms. The zero-order chi connectivity index (χ0) is 15.3. The summed E-state index contributed by atoms with van der Waals surface area (Å²) < 4.78 is 1.59. The molecule has 0 fully saturated rings. The smallest absolute Gasteiger partial charge is 0.304 e. The van der Waals surface area contributed by atoms with E-state index >= 15 is 0 Å². The molecule has 0 saturated heterocycles. The van der Waals surface area contributed by atoms with E-state index in [1.54, 1.807) is 11.9 Å². The van der Waals surface area contributed by atoms with Crippen molar-refractivity contribution in [3.63, 3.8) is 0 Å². The maximum absolute atomic E-state index is 11.9. The molecule has 0 saturated carbocycles. The van der Waals surface area contributed by atoms with Gasteiger partial charge in [-0.15, -0.1) is 0 Å². The number of carbonyl (C=O) groups is 2. The highest BCUT2D eigenvalue weighted by Gasteiger charge is 2.12. The zero-order valence-corrected chi connectivity index (χ0v) is 14.4. The van der Waals surface area contributed by atoms with Crippen LogP contribution in [0.15, 0.2) is 21.1 Å². The lowest BCUT2D eigenvalue weighted by Gasteiger charge is -2.16. The second-order valence-electron chi connectivity index (χ2n) is 4.53. The zero-order valence-electron chi connectivity index (χ0n) is 11.2. The monoisotopic (exact) mass is 406 g/mol. The molecule has 2 N–H and O–H groups in total. The predicted molar refractivity (Wildman–Crippen MR) is 85.0 cm³/mol. The largest absolute Gasteiger partial charge is 0.481 e. The van der Waals surface area contributed by atoms with Crippen LogP contribution in [0.1, 0.15) is 12.0 Å². The lowest BCUT2D eigenvalue weighted by atomic mass is 10.2. The molecule has 1 aromatic rings. The van der Waals surface area contributed by atoms with E-state index in [4.69, 9.17) is 5.11 Å². The van der Waals surface area contributed by atoms with E-state index in [0.717, 1.165) is 14.5 Å². The quantitative estimate of drug-likeness (QED) is 0.760. The molecular weight excluding hydrogens is 392 g/mol. The first-order valence-electron chi connectivity index (χ1n) is 5.95. The van der Waals surface area contributed by atoms with E-state index in [0.29, 0.717) is 12.2 Å². The molecule has 0 unspecified atom stereocenters. The summed E-state index contributed by atoms with van der Waals surface area (Å²) in [5, 5.41) is 11.4. The van der Waals surface area contributed by atoms with Crippen molar-refractivity contribution in [3.8, 4) is 0 Å². The molecule has 0 aliphatic heterocycles. The summed E-state index contributed by atoms with van der Waals surface area (Å²) in [7, 11) is 1.71. The fourth-order valence-corrected chi connectivity index (χ4v) is 3.22. The van der Waals surface area contributed by atoms with E-state index in [2.05, 4.69) is 37.2 Å². The van der Waals surface area contributed by atoms with Crippen LogP contribution in [0.3, 0.4) is 0 Å². The molecule has 5 nitrogen and oxygen atoms in total. The van der Waals surface area contributed by atoms with Gasteiger partial charge in [0.15, 0.2) is 0 Å². The maximum atomic E-state index is 11.9. The minimum atomic E-state index is -0.874. The highest BCUT2D eigenvalue weighted by molar-refractivity contribution is 9.11. The van der Waals surface area contributed by atoms with E-state index in [1.165, 1.54) is 0 Å². The Labute approximate surface area is 134 Å². The summed E-state index contributed by atoms with van der Waals surface area (Å²) in [6.45, 7) is 2.43. The van der Waals surface area contributed by atoms with Gasteiger partial charge in [0, 0.05) is 15.5 Å². The molecule has 1 aromatic carbocycles. The number of benzene rings is 1. The minimum Gasteiger partial charge on any atom is -0.481 e. The van der Waals surface area contributed by atoms with E-state index in [9.17, 15) is 9.59 Å². The number of rotatable bonds is 6. The number of anilines is 1. The summed E-state index contributed by atoms with van der Waals surface area (Å²) in [5.74, 6) is -1.07. The summed E-state index contributed by atoms with van der Waals surface area (Å²) in [5.41, 5.74) is 1.74. The first kappa shape index (κ1) is 17.1. The lowest BCUT2D eigenvalue weighted by molar-refractivity contribution is -0.137. The summed E-state index contributed by atoms with van der Waals surface area (Å²) in [6.07, 6.45) is 0.0156. The van der Waals surface area contributed by atoms with Crippen molar-refractivity contribution in [3.05, 3.63) is 26.6 Å². The fourth-order valence-electron chi connectivity index (χ4n) is 1.61. The average molecular weight is 408 g/mol. The van der Waals surface area contributed by atoms with Crippen LogP contribution in [0.2, 0.25) is 0 Å². The van der Waals surface area contributed by atoms with Gasteiger partial charge in [-0.25, -0.2) is 0 Å². The highest BCUT2D eigenvalue weighted by atomic mass is 79.9. The number of aliphatic carboxylic acids is 1. The Kier molecular flexibility index (Phi) is 6.64. The Balaban J connectivity index is 2.61. The Morgan fingerprint density at radius 3 is 2.35 bits per heavy atom. The third-order valence-electron chi connectivity index (χ3n) is 2.57. The van der Waals surface area contributed by atoms with Gasteiger partial charge < -0.3 is 10.4 Å². The van der Waals surface area contributed by atoms with Crippen LogP contribution in [-0.2, 0) is 9.59 Å². The molecule has 0 spiro atoms. The first-order chi connectivity index (χ1) is 9.29. The standard InChI is InChI=1S/C13H16Br2N2O3/c1-8-5-9(14)13(10(15)6-8)16-11(18)7-17(2)4-3-12(19)20/h5-6H,3-4,7H2,1-2H3,(H,16,18)(H,19,20). The Morgan fingerprint density at radius 1 is 1.30 bits per heavy atom. The number of carbonyl (C=O) groups excluding carboxylic acids is 1. The molecular formula is C13H16Br2N2O3. The molecule has 0 aliphatic rings. The molecule has 0 radical (unpaired) electrons. The summed E-state index contributed by atoms with van der Waals surface area (Å²) >= 11 is 6.81. The van der Waals surface area contributed by atoms with Crippen molar-refractivity contribution in [1.82, 2.24) is 4.90 Å². The topological polar surface area (TPSA) is 69.6 Å². The maximum Gasteiger partial charge on any atom is 0.304 e. The number of aryl methyl sites for hydroxylation is 1. The summed E-state index contributed by atoms with van der Waals surface area (Å²) in [4.78, 5) is 24.0. The molecule has 1 amide bonds. The van der Waals surface area contributed by atoms with Crippen molar-refractivity contribution < 1.29 is 14.7 Å². The molecule has 7 heteroatoms. The van der Waals surface area contributed by atoms with Gasteiger partial charge in [0.2, 0.25) is 5.91 Å². The van der Waals surface area contributed by atoms with Crippen molar-refractivity contribution in [2.45, 2.75) is 13.3 Å². The number of amides is 1. The van der Waals surface area contributed by atoms with Gasteiger partial charge in [-0.3, -0.25) is 14.5 Å². The Hall–Kier alpha value is -0.920. The van der Waals surface area contributed by atoms with Gasteiger partial charge in [-0.2, -0.15) is 0 Å². The van der Waals surface area contributed by atoms with Gasteiger partial charge in [0.05, 0.1) is 18.7 Å². The van der Waals surface area contributed by atoms with Gasteiger partial charge in [-0.1, -0.05) is 0 Å². The second kappa shape index (κ2) is 7.75. The second-order valence-corrected chi connectivity index (χ2v) is 6.24. The predicted octanol–water partition coefficient (Wildman–Crippen LogP) is 2.87. The highest BCUT2D eigenvalue weighted by Crippen LogP contribution is 2.32. The Bertz CT molecular complexity index is 497. The number of nitrogens with zero attached hydrogens (tertiary/aromatic N) is 1. The van der Waals surface area contributed by atoms with Crippen molar-refractivity contribution >= 4 is 49.4 Å². The van der Waals surface area contributed by atoms with E-state index < -0.39 is 5.97 Å². The third kappa shape index (κ3) is 5.60. The number of likely N-dealkylation sites (N-methyl/N-ethyl adjacent to an activating group) is 1. The molecule has 0 aliphatic carbocycles. The van der Waals surface area contributed by atoms with Gasteiger partial charge in [0.25, 0.3) is 0 Å². The van der Waals surface area contributed by atoms with Crippen LogP contribution < -0.4 is 5.32 Å². The van der Waals surface area contributed by atoms with E-state index in [-0.39, 0.29) is 18.9 Å². The van der Waals surface area contributed by atoms with Crippen LogP contribution in [0.25, 0.3) is 0 Å². The minimum absolute atomic E-state index is 0.0156. The van der Waals surface area contributed by atoms with Crippen LogP contribution in [0, 0.1) is 6.92 Å². The average Bonchev–Trinajstić information content (AvgIpc) is 2.31. The normalized spacial score (nSPS) is 10.7. The first-order valence-corrected chi connectivity index (χ1v) is 7.54. The molecule has 1 rings (SSSR count). The fraction of sp³-hybridized carbons (Fsp3) is 0.385. The SMILES string of the molecule is Cc1cc(Br)c(NC(=O)CN(C)CCC(=O)O)c(Br)c1. The number of carboxylic acid groups (broad SMARTS) is 1. The van der Waals surface area contributed by atoms with Crippen molar-refractivity contribution in [1.29, 1.82) is 0 Å². The molecule has 110 valence electrons. The van der Waals surface area contributed by atoms with Crippen molar-refractivity contribution in [2.24, 2.45) is 0 Å². The van der Waals surface area contributed by atoms with Gasteiger partial charge >= 0.3 is 5.97 Å². The lowest BCUT2D eigenvalue weighted by Crippen LogP contribution is -2.31. The van der Waals surface area contributed by atoms with E-state index in [1.807, 2.05) is 19.1 Å². The van der Waals surface area contributed by atoms with Crippen molar-refractivity contribution in [2.75, 3.05) is 25.5 Å². The van der Waals surface area contributed by atoms with Crippen LogP contribution in [0.5, 0.6) is 0 Å². The molecule has 0 atom stereocenters. The number of carboxylic acids is 1. The molecule has 0 heterocycles. The van der Waals surface area contributed by atoms with Crippen LogP contribution >= 0.6 is 31.9 Å².